The van der Waals surface area contributed by atoms with Crippen LogP contribution in [0.2, 0.25) is 0 Å². The van der Waals surface area contributed by atoms with E-state index in [0.29, 0.717) is 7.25 Å². The number of rotatable bonds is 4. The summed E-state index contributed by atoms with van der Waals surface area (Å²) in [6, 6.07) is 40.7. The van der Waals surface area contributed by atoms with Gasteiger partial charge in [-0.2, -0.15) is 0 Å². The van der Waals surface area contributed by atoms with Crippen LogP contribution < -0.4 is 24.8 Å². The number of hydrogen-bond donors (Lipinski definition) is 0. The Labute approximate surface area is 234 Å². The first-order valence-corrected chi connectivity index (χ1v) is 16.2. The van der Waals surface area contributed by atoms with Gasteiger partial charge in [-0.1, -0.05) is 0 Å². The van der Waals surface area contributed by atoms with E-state index in [4.69, 9.17) is 0 Å². The van der Waals surface area contributed by atoms with Crippen molar-refractivity contribution in [1.82, 2.24) is 0 Å². The number of allylic oxidation sites excluding steroid dienone is 2. The largest absolute Gasteiger partial charge is 1.00 e. The molecule has 0 bridgehead atoms. The van der Waals surface area contributed by atoms with E-state index < -0.39 is 21.3 Å². The van der Waals surface area contributed by atoms with Gasteiger partial charge in [-0.15, -0.1) is 0 Å². The summed E-state index contributed by atoms with van der Waals surface area (Å²) in [4.78, 5) is 0. The molecular formula is C33H28Cl2Zr. The smallest absolute Gasteiger partial charge is 1.00 e. The van der Waals surface area contributed by atoms with Gasteiger partial charge in [0.1, 0.15) is 0 Å². The third-order valence-electron chi connectivity index (χ3n) is 7.33. The first-order chi connectivity index (χ1) is 16.7. The van der Waals surface area contributed by atoms with Crippen molar-refractivity contribution in [1.29, 1.82) is 0 Å². The van der Waals surface area contributed by atoms with Gasteiger partial charge in [-0.3, -0.25) is 0 Å². The zero-order valence-electron chi connectivity index (χ0n) is 20.5. The Morgan fingerprint density at radius 2 is 0.861 bits per heavy atom. The second-order valence-electron chi connectivity index (χ2n) is 9.46. The van der Waals surface area contributed by atoms with Crippen LogP contribution in [0.15, 0.2) is 120 Å². The molecule has 4 aromatic carbocycles. The topological polar surface area (TPSA) is 0 Å². The summed E-state index contributed by atoms with van der Waals surface area (Å²) >= 11 is -2.55. The maximum Gasteiger partial charge on any atom is -1.00 e. The first kappa shape index (κ1) is 26.7. The van der Waals surface area contributed by atoms with Crippen LogP contribution in [0.3, 0.4) is 0 Å². The maximum atomic E-state index is 2.45. The standard InChI is InChI=1S/C13H10.2C10H9.2ClH.Zr/c1-3-7-12(8-4-1)11-13-9-5-2-6-10-13;2*1-8-6-9-4-2-3-5-10(9)7-8;;;/h1-10H;2*2-7H,1H3;2*1H;/q;;;;;+2/p-2. The summed E-state index contributed by atoms with van der Waals surface area (Å²) in [5.41, 5.74) is 11.8. The van der Waals surface area contributed by atoms with Crippen molar-refractivity contribution in [3.63, 3.8) is 0 Å². The van der Waals surface area contributed by atoms with E-state index in [9.17, 15) is 0 Å². The van der Waals surface area contributed by atoms with Crippen molar-refractivity contribution in [3.05, 3.63) is 154 Å². The zero-order valence-corrected chi connectivity index (χ0v) is 24.4. The molecule has 0 spiro atoms. The van der Waals surface area contributed by atoms with Crippen LogP contribution in [0.1, 0.15) is 54.5 Å². The molecule has 0 nitrogen and oxygen atoms in total. The average Bonchev–Trinajstić information content (AvgIpc) is 3.39. The van der Waals surface area contributed by atoms with Gasteiger partial charge in [-0.05, 0) is 0 Å². The Kier molecular flexibility index (Phi) is 8.46. The Morgan fingerprint density at radius 1 is 0.500 bits per heavy atom. The number of benzene rings is 4. The molecule has 0 aliphatic heterocycles. The van der Waals surface area contributed by atoms with E-state index in [1.165, 1.54) is 44.5 Å². The molecule has 0 aromatic heterocycles. The van der Waals surface area contributed by atoms with Crippen molar-refractivity contribution >= 4 is 15.4 Å². The van der Waals surface area contributed by atoms with Crippen LogP contribution in [-0.2, 0) is 21.3 Å². The Morgan fingerprint density at radius 3 is 1.28 bits per heavy atom. The van der Waals surface area contributed by atoms with Gasteiger partial charge in [0.05, 0.1) is 0 Å². The molecule has 0 heterocycles. The summed E-state index contributed by atoms with van der Waals surface area (Å²) in [5.74, 6) is 0. The second-order valence-corrected chi connectivity index (χ2v) is 15.8. The molecular weight excluding hydrogens is 558 g/mol. The fraction of sp³-hybridized carbons (Fsp3) is 0.121. The molecule has 2 atom stereocenters. The normalized spacial score (nSPS) is 16.8. The van der Waals surface area contributed by atoms with Gasteiger partial charge in [0.15, 0.2) is 0 Å². The second kappa shape index (κ2) is 11.4. The number of hydrogen-bond acceptors (Lipinski definition) is 0. The molecule has 36 heavy (non-hydrogen) atoms. The van der Waals surface area contributed by atoms with Crippen molar-refractivity contribution in [2.75, 3.05) is 0 Å². The molecule has 2 unspecified atom stereocenters. The van der Waals surface area contributed by atoms with Crippen LogP contribution in [0.25, 0.3) is 12.2 Å². The fourth-order valence-corrected chi connectivity index (χ4v) is 16.4. The van der Waals surface area contributed by atoms with Crippen molar-refractivity contribution in [2.24, 2.45) is 0 Å². The third kappa shape index (κ3) is 4.70. The third-order valence-corrected chi connectivity index (χ3v) is 17.0. The molecule has 0 saturated carbocycles. The van der Waals surface area contributed by atoms with Crippen LogP contribution in [0, 0.1) is 0 Å². The van der Waals surface area contributed by atoms with Crippen molar-refractivity contribution in [2.45, 2.75) is 21.1 Å². The van der Waals surface area contributed by atoms with E-state index in [2.05, 4.69) is 135 Å². The fourth-order valence-electron chi connectivity index (χ4n) is 5.95. The van der Waals surface area contributed by atoms with E-state index in [1.54, 1.807) is 3.21 Å². The molecule has 0 N–H and O–H groups in total. The molecule has 3 heteroatoms. The van der Waals surface area contributed by atoms with Crippen molar-refractivity contribution in [3.8, 4) is 0 Å². The summed E-state index contributed by atoms with van der Waals surface area (Å²) in [7, 11) is 0. The Balaban J connectivity index is 0.00000152. The Hall–Kier alpha value is -2.31. The summed E-state index contributed by atoms with van der Waals surface area (Å²) in [5, 5.41) is 0. The van der Waals surface area contributed by atoms with Gasteiger partial charge in [-0.25, -0.2) is 0 Å². The molecule has 0 amide bonds. The molecule has 6 rings (SSSR count). The van der Waals surface area contributed by atoms with Gasteiger partial charge in [0.2, 0.25) is 0 Å². The van der Waals surface area contributed by atoms with Gasteiger partial charge >= 0.3 is 211 Å². The van der Waals surface area contributed by atoms with Crippen LogP contribution in [0.4, 0.5) is 0 Å². The predicted molar refractivity (Wildman–Crippen MR) is 142 cm³/mol. The molecule has 2 aliphatic rings. The zero-order chi connectivity index (χ0) is 23.1. The molecule has 2 aliphatic carbocycles. The van der Waals surface area contributed by atoms with Crippen molar-refractivity contribution < 1.29 is 46.1 Å². The molecule has 178 valence electrons. The minimum absolute atomic E-state index is 0. The van der Waals surface area contributed by atoms with E-state index in [0.717, 1.165) is 0 Å². The molecule has 0 fully saturated rings. The molecule has 0 radical (unpaired) electrons. The maximum absolute atomic E-state index is 2.55. The van der Waals surface area contributed by atoms with E-state index in [-0.39, 0.29) is 24.8 Å². The summed E-state index contributed by atoms with van der Waals surface area (Å²) < 4.78 is 2.68. The first-order valence-electron chi connectivity index (χ1n) is 12.1. The quantitative estimate of drug-likeness (QED) is 0.344. The van der Waals surface area contributed by atoms with Crippen LogP contribution in [0.5, 0.6) is 0 Å². The monoisotopic (exact) mass is 584 g/mol. The van der Waals surface area contributed by atoms with Gasteiger partial charge < -0.3 is 24.8 Å². The SMILES string of the molecule is CC1=Cc2ccccc2[CH]1[Zr+2](=[C](c1ccccc1)c1ccccc1)[CH]1C(C)=Cc2ccccc21.[Cl-].[Cl-]. The average molecular weight is 587 g/mol. The number of halogens is 2. The summed E-state index contributed by atoms with van der Waals surface area (Å²) in [6.45, 7) is 4.75. The van der Waals surface area contributed by atoms with Gasteiger partial charge in [0, 0.05) is 0 Å². The van der Waals surface area contributed by atoms with Crippen LogP contribution in [-0.4, -0.2) is 3.21 Å². The molecule has 4 aromatic rings. The minimum Gasteiger partial charge on any atom is -1.00 e. The predicted octanol–water partition coefficient (Wildman–Crippen LogP) is 2.20. The Bertz CT molecular complexity index is 1360. The van der Waals surface area contributed by atoms with E-state index >= 15 is 0 Å². The van der Waals surface area contributed by atoms with E-state index in [1.807, 2.05) is 0 Å². The minimum atomic E-state index is -2.55. The van der Waals surface area contributed by atoms with Crippen LogP contribution >= 0.6 is 0 Å². The molecule has 0 saturated heterocycles. The van der Waals surface area contributed by atoms with Gasteiger partial charge in [0.25, 0.3) is 0 Å². The number of fused-ring (bicyclic) bond motifs is 2. The summed E-state index contributed by atoms with van der Waals surface area (Å²) in [6.07, 6.45) is 4.90.